The lowest BCUT2D eigenvalue weighted by Crippen LogP contribution is -2.23. The second kappa shape index (κ2) is 6.57. The van der Waals surface area contributed by atoms with Crippen LogP contribution in [0.1, 0.15) is 29.8 Å². The summed E-state index contributed by atoms with van der Waals surface area (Å²) >= 11 is 0. The highest BCUT2D eigenvalue weighted by Crippen LogP contribution is 2.23. The quantitative estimate of drug-likeness (QED) is 0.879. The molecule has 0 spiro atoms. The SMILES string of the molecule is CCNC(Cc1cccc(OC)c1)c1cnn(C)c1C. The van der Waals surface area contributed by atoms with Gasteiger partial charge in [-0.15, -0.1) is 0 Å². The van der Waals surface area contributed by atoms with Crippen molar-refractivity contribution in [3.05, 3.63) is 47.3 Å². The second-order valence-electron chi connectivity index (χ2n) is 4.97. The van der Waals surface area contributed by atoms with E-state index < -0.39 is 0 Å². The van der Waals surface area contributed by atoms with Crippen molar-refractivity contribution in [1.29, 1.82) is 0 Å². The number of benzene rings is 1. The Morgan fingerprint density at radius 1 is 1.40 bits per heavy atom. The lowest BCUT2D eigenvalue weighted by molar-refractivity contribution is 0.414. The Kier molecular flexibility index (Phi) is 4.79. The molecule has 1 aromatic carbocycles. The normalized spacial score (nSPS) is 12.4. The average molecular weight is 273 g/mol. The molecule has 0 amide bonds. The van der Waals surface area contributed by atoms with E-state index in [4.69, 9.17) is 4.74 Å². The number of hydrogen-bond donors (Lipinski definition) is 1. The molecule has 20 heavy (non-hydrogen) atoms. The van der Waals surface area contributed by atoms with Crippen LogP contribution >= 0.6 is 0 Å². The van der Waals surface area contributed by atoms with E-state index in [1.165, 1.54) is 16.8 Å². The van der Waals surface area contributed by atoms with Gasteiger partial charge in [0.25, 0.3) is 0 Å². The molecule has 0 saturated heterocycles. The molecule has 0 saturated carbocycles. The van der Waals surface area contributed by atoms with Gasteiger partial charge in [-0.05, 0) is 37.6 Å². The highest BCUT2D eigenvalue weighted by atomic mass is 16.5. The molecule has 1 atom stereocenters. The summed E-state index contributed by atoms with van der Waals surface area (Å²) in [5.41, 5.74) is 3.73. The molecule has 2 rings (SSSR count). The number of rotatable bonds is 6. The standard InChI is InChI=1S/C16H23N3O/c1-5-17-16(15-11-18-19(3)12(15)2)10-13-7-6-8-14(9-13)20-4/h6-9,11,16-17H,5,10H2,1-4H3. The maximum absolute atomic E-state index is 5.29. The largest absolute Gasteiger partial charge is 0.497 e. The number of methoxy groups -OCH3 is 1. The van der Waals surface area contributed by atoms with Gasteiger partial charge in [-0.1, -0.05) is 19.1 Å². The molecule has 0 radical (unpaired) electrons. The summed E-state index contributed by atoms with van der Waals surface area (Å²) in [4.78, 5) is 0. The zero-order valence-electron chi connectivity index (χ0n) is 12.7. The van der Waals surface area contributed by atoms with E-state index in [9.17, 15) is 0 Å². The van der Waals surface area contributed by atoms with Gasteiger partial charge >= 0.3 is 0 Å². The summed E-state index contributed by atoms with van der Waals surface area (Å²) in [7, 11) is 3.68. The number of nitrogens with zero attached hydrogens (tertiary/aromatic N) is 2. The van der Waals surface area contributed by atoms with Crippen LogP contribution in [0.3, 0.4) is 0 Å². The minimum atomic E-state index is 0.279. The van der Waals surface area contributed by atoms with Gasteiger partial charge in [0, 0.05) is 24.3 Å². The first-order chi connectivity index (χ1) is 9.65. The molecular formula is C16H23N3O. The van der Waals surface area contributed by atoms with Gasteiger partial charge in [0.2, 0.25) is 0 Å². The van der Waals surface area contributed by atoms with Crippen molar-refractivity contribution in [3.63, 3.8) is 0 Å². The third kappa shape index (κ3) is 3.20. The highest BCUT2D eigenvalue weighted by Gasteiger charge is 2.16. The first-order valence-electron chi connectivity index (χ1n) is 7.00. The van der Waals surface area contributed by atoms with E-state index in [0.717, 1.165) is 18.7 Å². The number of aromatic nitrogens is 2. The van der Waals surface area contributed by atoms with Crippen LogP contribution in [0.4, 0.5) is 0 Å². The Labute approximate surface area is 120 Å². The molecule has 2 aromatic rings. The number of likely N-dealkylation sites (N-methyl/N-ethyl adjacent to an activating group) is 1. The van der Waals surface area contributed by atoms with Gasteiger partial charge in [-0.3, -0.25) is 4.68 Å². The van der Waals surface area contributed by atoms with Crippen LogP contribution < -0.4 is 10.1 Å². The van der Waals surface area contributed by atoms with Crippen molar-refractivity contribution in [3.8, 4) is 5.75 Å². The fraction of sp³-hybridized carbons (Fsp3) is 0.438. The summed E-state index contributed by atoms with van der Waals surface area (Å²) in [6.45, 7) is 5.17. The zero-order valence-corrected chi connectivity index (χ0v) is 12.7. The number of nitrogens with one attached hydrogen (secondary N) is 1. The van der Waals surface area contributed by atoms with E-state index >= 15 is 0 Å². The van der Waals surface area contributed by atoms with Crippen LogP contribution in [-0.4, -0.2) is 23.4 Å². The van der Waals surface area contributed by atoms with Crippen LogP contribution in [-0.2, 0) is 13.5 Å². The summed E-state index contributed by atoms with van der Waals surface area (Å²) in [5.74, 6) is 0.903. The third-order valence-corrected chi connectivity index (χ3v) is 3.67. The predicted molar refractivity (Wildman–Crippen MR) is 81.1 cm³/mol. The fourth-order valence-corrected chi connectivity index (χ4v) is 2.43. The van der Waals surface area contributed by atoms with Gasteiger partial charge in [-0.25, -0.2) is 0 Å². The number of hydrogen-bond acceptors (Lipinski definition) is 3. The average Bonchev–Trinajstić information content (AvgIpc) is 2.79. The molecule has 1 unspecified atom stereocenters. The van der Waals surface area contributed by atoms with Gasteiger partial charge in [0.05, 0.1) is 13.3 Å². The van der Waals surface area contributed by atoms with Crippen molar-refractivity contribution >= 4 is 0 Å². The Bertz CT molecular complexity index is 563. The highest BCUT2D eigenvalue weighted by molar-refractivity contribution is 5.31. The first kappa shape index (κ1) is 14.6. The van der Waals surface area contributed by atoms with E-state index in [2.05, 4.69) is 36.4 Å². The maximum atomic E-state index is 5.29. The summed E-state index contributed by atoms with van der Waals surface area (Å²) < 4.78 is 7.21. The molecule has 0 aliphatic rings. The lowest BCUT2D eigenvalue weighted by Gasteiger charge is -2.18. The topological polar surface area (TPSA) is 39.1 Å². The van der Waals surface area contributed by atoms with Crippen LogP contribution in [0.2, 0.25) is 0 Å². The fourth-order valence-electron chi connectivity index (χ4n) is 2.43. The Morgan fingerprint density at radius 2 is 2.20 bits per heavy atom. The van der Waals surface area contributed by atoms with Crippen molar-refractivity contribution in [2.75, 3.05) is 13.7 Å². The smallest absolute Gasteiger partial charge is 0.119 e. The minimum absolute atomic E-state index is 0.279. The zero-order chi connectivity index (χ0) is 14.5. The van der Waals surface area contributed by atoms with Gasteiger partial charge in [0.15, 0.2) is 0 Å². The maximum Gasteiger partial charge on any atom is 0.119 e. The molecule has 1 aromatic heterocycles. The predicted octanol–water partition coefficient (Wildman–Crippen LogP) is 2.63. The van der Waals surface area contributed by atoms with Gasteiger partial charge < -0.3 is 10.1 Å². The number of aryl methyl sites for hydroxylation is 1. The van der Waals surface area contributed by atoms with E-state index in [0.29, 0.717) is 0 Å². The van der Waals surface area contributed by atoms with Crippen molar-refractivity contribution in [2.24, 2.45) is 7.05 Å². The molecule has 0 bridgehead atoms. The Balaban J connectivity index is 2.23. The van der Waals surface area contributed by atoms with E-state index in [-0.39, 0.29) is 6.04 Å². The van der Waals surface area contributed by atoms with Crippen LogP contribution in [0.15, 0.2) is 30.5 Å². The molecule has 4 heteroatoms. The molecule has 1 N–H and O–H groups in total. The molecule has 108 valence electrons. The second-order valence-corrected chi connectivity index (χ2v) is 4.97. The Morgan fingerprint density at radius 3 is 2.80 bits per heavy atom. The van der Waals surface area contributed by atoms with Gasteiger partial charge in [-0.2, -0.15) is 5.10 Å². The van der Waals surface area contributed by atoms with Crippen molar-refractivity contribution < 1.29 is 4.74 Å². The molecule has 0 aliphatic carbocycles. The van der Waals surface area contributed by atoms with E-state index in [1.54, 1.807) is 7.11 Å². The Hall–Kier alpha value is -1.81. The minimum Gasteiger partial charge on any atom is -0.497 e. The monoisotopic (exact) mass is 273 g/mol. The van der Waals surface area contributed by atoms with Crippen LogP contribution in [0.25, 0.3) is 0 Å². The third-order valence-electron chi connectivity index (χ3n) is 3.67. The molecular weight excluding hydrogens is 250 g/mol. The molecule has 4 nitrogen and oxygen atoms in total. The summed E-state index contributed by atoms with van der Waals surface area (Å²) in [6.07, 6.45) is 2.89. The number of ether oxygens (including phenoxy) is 1. The van der Waals surface area contributed by atoms with Crippen LogP contribution in [0, 0.1) is 6.92 Å². The van der Waals surface area contributed by atoms with Crippen molar-refractivity contribution in [2.45, 2.75) is 26.3 Å². The van der Waals surface area contributed by atoms with E-state index in [1.807, 2.05) is 30.1 Å². The molecule has 1 heterocycles. The van der Waals surface area contributed by atoms with Gasteiger partial charge in [0.1, 0.15) is 5.75 Å². The summed E-state index contributed by atoms with van der Waals surface area (Å²) in [6, 6.07) is 8.52. The summed E-state index contributed by atoms with van der Waals surface area (Å²) in [5, 5.41) is 7.89. The van der Waals surface area contributed by atoms with Crippen LogP contribution in [0.5, 0.6) is 5.75 Å². The van der Waals surface area contributed by atoms with Crippen molar-refractivity contribution in [1.82, 2.24) is 15.1 Å². The first-order valence-corrected chi connectivity index (χ1v) is 7.00. The molecule has 0 fully saturated rings. The lowest BCUT2D eigenvalue weighted by atomic mass is 9.99. The molecule has 0 aliphatic heterocycles.